The summed E-state index contributed by atoms with van der Waals surface area (Å²) in [4.78, 5) is 9.74. The second-order valence-corrected chi connectivity index (χ2v) is 7.38. The van der Waals surface area contributed by atoms with Gasteiger partial charge in [-0.15, -0.1) is 0 Å². The van der Waals surface area contributed by atoms with E-state index in [-0.39, 0.29) is 5.60 Å². The Balaban J connectivity index is 1.67. The van der Waals surface area contributed by atoms with Crippen LogP contribution in [0.15, 0.2) is 4.99 Å². The van der Waals surface area contributed by atoms with E-state index in [2.05, 4.69) is 41.3 Å². The standard InChI is InChI=1S/C18H37N5O/c1-4-19-17(21-16-18(2)8-5-15-24-18)20-9-6-11-23-12-7-10-22(3)13-14-23/h4-16H2,1-3H3,(H2,19,20,21). The van der Waals surface area contributed by atoms with Crippen LogP contribution in [-0.2, 0) is 4.74 Å². The van der Waals surface area contributed by atoms with Crippen molar-refractivity contribution in [3.05, 3.63) is 0 Å². The van der Waals surface area contributed by atoms with Crippen molar-refractivity contribution in [2.24, 2.45) is 4.99 Å². The van der Waals surface area contributed by atoms with Crippen molar-refractivity contribution in [2.45, 2.75) is 45.1 Å². The van der Waals surface area contributed by atoms with Crippen LogP contribution in [0.4, 0.5) is 0 Å². The number of likely N-dealkylation sites (N-methyl/N-ethyl adjacent to an activating group) is 1. The highest BCUT2D eigenvalue weighted by atomic mass is 16.5. The van der Waals surface area contributed by atoms with Gasteiger partial charge in [-0.25, -0.2) is 0 Å². The number of hydrogen-bond acceptors (Lipinski definition) is 4. The number of hydrogen-bond donors (Lipinski definition) is 2. The molecule has 2 heterocycles. The van der Waals surface area contributed by atoms with Gasteiger partial charge < -0.3 is 25.2 Å². The van der Waals surface area contributed by atoms with Gasteiger partial charge in [0, 0.05) is 32.8 Å². The van der Waals surface area contributed by atoms with Gasteiger partial charge in [-0.3, -0.25) is 4.99 Å². The Kier molecular flexibility index (Phi) is 8.29. The van der Waals surface area contributed by atoms with Crippen LogP contribution in [0.3, 0.4) is 0 Å². The molecule has 1 atom stereocenters. The zero-order chi connectivity index (χ0) is 17.3. The molecule has 2 N–H and O–H groups in total. The maximum Gasteiger partial charge on any atom is 0.191 e. The molecule has 0 bridgehead atoms. The molecule has 0 aromatic carbocycles. The summed E-state index contributed by atoms with van der Waals surface area (Å²) < 4.78 is 5.82. The molecule has 1 unspecified atom stereocenters. The van der Waals surface area contributed by atoms with E-state index in [0.29, 0.717) is 0 Å². The number of aliphatic imine (C=N–C) groups is 1. The van der Waals surface area contributed by atoms with Crippen LogP contribution in [0.2, 0.25) is 0 Å². The molecule has 6 nitrogen and oxygen atoms in total. The molecule has 6 heteroatoms. The van der Waals surface area contributed by atoms with Gasteiger partial charge in [-0.05, 0) is 66.2 Å². The minimum Gasteiger partial charge on any atom is -0.373 e. The van der Waals surface area contributed by atoms with Crippen LogP contribution < -0.4 is 10.6 Å². The molecule has 140 valence electrons. The first-order chi connectivity index (χ1) is 11.6. The van der Waals surface area contributed by atoms with Crippen molar-refractivity contribution in [1.29, 1.82) is 0 Å². The lowest BCUT2D eigenvalue weighted by Gasteiger charge is -2.22. The Morgan fingerprint density at radius 1 is 1.17 bits per heavy atom. The van der Waals surface area contributed by atoms with Gasteiger partial charge in [-0.1, -0.05) is 0 Å². The van der Waals surface area contributed by atoms with Crippen molar-refractivity contribution < 1.29 is 4.74 Å². The summed E-state index contributed by atoms with van der Waals surface area (Å²) in [5.41, 5.74) is -0.0690. The van der Waals surface area contributed by atoms with Gasteiger partial charge in [0.15, 0.2) is 5.96 Å². The Morgan fingerprint density at radius 2 is 2.04 bits per heavy atom. The molecule has 0 spiro atoms. The molecule has 2 aliphatic rings. The topological polar surface area (TPSA) is 52.1 Å². The fourth-order valence-corrected chi connectivity index (χ4v) is 3.38. The molecule has 0 aliphatic carbocycles. The minimum atomic E-state index is -0.0690. The van der Waals surface area contributed by atoms with E-state index in [1.807, 2.05) is 0 Å². The lowest BCUT2D eigenvalue weighted by Crippen LogP contribution is -2.40. The van der Waals surface area contributed by atoms with Crippen LogP contribution >= 0.6 is 0 Å². The zero-order valence-corrected chi connectivity index (χ0v) is 15.9. The predicted octanol–water partition coefficient (Wildman–Crippen LogP) is 1.14. The van der Waals surface area contributed by atoms with Crippen LogP contribution in [0.25, 0.3) is 0 Å². The minimum absolute atomic E-state index is 0.0690. The molecule has 0 aromatic rings. The van der Waals surface area contributed by atoms with E-state index < -0.39 is 0 Å². The third kappa shape index (κ3) is 6.95. The van der Waals surface area contributed by atoms with Crippen molar-refractivity contribution in [1.82, 2.24) is 20.4 Å². The Labute approximate surface area is 148 Å². The van der Waals surface area contributed by atoms with Gasteiger partial charge in [0.1, 0.15) is 0 Å². The fraction of sp³-hybridized carbons (Fsp3) is 0.944. The first-order valence-corrected chi connectivity index (χ1v) is 9.68. The number of rotatable bonds is 7. The first kappa shape index (κ1) is 19.5. The van der Waals surface area contributed by atoms with E-state index in [9.17, 15) is 0 Å². The van der Waals surface area contributed by atoms with E-state index >= 15 is 0 Å². The summed E-state index contributed by atoms with van der Waals surface area (Å²) >= 11 is 0. The lowest BCUT2D eigenvalue weighted by atomic mass is 10.0. The SMILES string of the molecule is CCNC(=NCC1(C)CCCO1)NCCCN1CCCN(C)CC1. The Hall–Kier alpha value is -0.850. The van der Waals surface area contributed by atoms with E-state index in [1.54, 1.807) is 0 Å². The summed E-state index contributed by atoms with van der Waals surface area (Å²) in [7, 11) is 2.22. The third-order valence-corrected chi connectivity index (χ3v) is 4.97. The molecular formula is C18H37N5O. The van der Waals surface area contributed by atoms with E-state index in [4.69, 9.17) is 9.73 Å². The normalized spacial score (nSPS) is 27.2. The fourth-order valence-electron chi connectivity index (χ4n) is 3.38. The molecule has 2 rings (SSSR count). The molecule has 0 radical (unpaired) electrons. The van der Waals surface area contributed by atoms with Gasteiger partial charge in [0.25, 0.3) is 0 Å². The van der Waals surface area contributed by atoms with Crippen LogP contribution in [-0.4, -0.2) is 87.4 Å². The van der Waals surface area contributed by atoms with Crippen molar-refractivity contribution in [2.75, 3.05) is 66.0 Å². The highest BCUT2D eigenvalue weighted by Crippen LogP contribution is 2.24. The smallest absolute Gasteiger partial charge is 0.191 e. The number of nitrogens with zero attached hydrogens (tertiary/aromatic N) is 3. The lowest BCUT2D eigenvalue weighted by molar-refractivity contribution is 0.0283. The summed E-state index contributed by atoms with van der Waals surface area (Å²) in [6, 6.07) is 0. The number of guanidine groups is 1. The summed E-state index contributed by atoms with van der Waals surface area (Å²) in [6.45, 7) is 13.8. The van der Waals surface area contributed by atoms with Crippen LogP contribution in [0.1, 0.15) is 39.5 Å². The largest absolute Gasteiger partial charge is 0.373 e. The first-order valence-electron chi connectivity index (χ1n) is 9.68. The molecule has 2 aliphatic heterocycles. The summed E-state index contributed by atoms with van der Waals surface area (Å²) in [6.07, 6.45) is 4.70. The Bertz CT molecular complexity index is 382. The van der Waals surface area contributed by atoms with Gasteiger partial charge in [-0.2, -0.15) is 0 Å². The second kappa shape index (κ2) is 10.2. The zero-order valence-electron chi connectivity index (χ0n) is 15.9. The maximum absolute atomic E-state index is 5.82. The Morgan fingerprint density at radius 3 is 2.79 bits per heavy atom. The van der Waals surface area contributed by atoms with Crippen LogP contribution in [0, 0.1) is 0 Å². The molecule has 24 heavy (non-hydrogen) atoms. The predicted molar refractivity (Wildman–Crippen MR) is 101 cm³/mol. The highest BCUT2D eigenvalue weighted by Gasteiger charge is 2.29. The average Bonchev–Trinajstić information content (AvgIpc) is 2.89. The molecular weight excluding hydrogens is 302 g/mol. The number of nitrogens with one attached hydrogen (secondary N) is 2. The molecule has 0 amide bonds. The summed E-state index contributed by atoms with van der Waals surface area (Å²) in [5, 5.41) is 6.81. The van der Waals surface area contributed by atoms with E-state index in [1.165, 1.54) is 39.1 Å². The van der Waals surface area contributed by atoms with Crippen LogP contribution in [0.5, 0.6) is 0 Å². The van der Waals surface area contributed by atoms with Crippen molar-refractivity contribution in [3.8, 4) is 0 Å². The van der Waals surface area contributed by atoms with Gasteiger partial charge in [0.2, 0.25) is 0 Å². The molecule has 0 saturated carbocycles. The quantitative estimate of drug-likeness (QED) is 0.414. The molecule has 0 aromatic heterocycles. The van der Waals surface area contributed by atoms with Gasteiger partial charge in [0.05, 0.1) is 12.1 Å². The van der Waals surface area contributed by atoms with E-state index in [0.717, 1.165) is 51.5 Å². The average molecular weight is 340 g/mol. The maximum atomic E-state index is 5.82. The highest BCUT2D eigenvalue weighted by molar-refractivity contribution is 5.79. The third-order valence-electron chi connectivity index (χ3n) is 4.97. The monoisotopic (exact) mass is 339 g/mol. The van der Waals surface area contributed by atoms with Crippen molar-refractivity contribution >= 4 is 5.96 Å². The second-order valence-electron chi connectivity index (χ2n) is 7.38. The summed E-state index contributed by atoms with van der Waals surface area (Å²) in [5.74, 6) is 0.921. The van der Waals surface area contributed by atoms with Crippen molar-refractivity contribution in [3.63, 3.8) is 0 Å². The number of ether oxygens (including phenoxy) is 1. The molecule has 2 saturated heterocycles. The molecule has 2 fully saturated rings. The van der Waals surface area contributed by atoms with Gasteiger partial charge >= 0.3 is 0 Å².